The van der Waals surface area contributed by atoms with Crippen LogP contribution < -0.4 is 0 Å². The summed E-state index contributed by atoms with van der Waals surface area (Å²) in [5.41, 5.74) is 0.571. The van der Waals surface area contributed by atoms with Gasteiger partial charge >= 0.3 is 0 Å². The first-order chi connectivity index (χ1) is 8.90. The Hall–Kier alpha value is -2.30. The number of ketones is 2. The molecule has 19 heavy (non-hydrogen) atoms. The third-order valence-corrected chi connectivity index (χ3v) is 2.84. The van der Waals surface area contributed by atoms with Crippen LogP contribution in [0.1, 0.15) is 30.9 Å². The topological polar surface area (TPSA) is 77.3 Å². The van der Waals surface area contributed by atoms with Gasteiger partial charge in [0, 0.05) is 6.07 Å². The second kappa shape index (κ2) is 6.04. The fourth-order valence-corrected chi connectivity index (χ4v) is 2.12. The molecule has 0 bridgehead atoms. The van der Waals surface area contributed by atoms with E-state index in [1.165, 1.54) is 26.0 Å². The summed E-state index contributed by atoms with van der Waals surface area (Å²) in [6, 6.07) is 4.52. The Kier molecular flexibility index (Phi) is 4.69. The van der Waals surface area contributed by atoms with E-state index in [4.69, 9.17) is 0 Å². The van der Waals surface area contributed by atoms with Crippen LogP contribution in [0.25, 0.3) is 0 Å². The molecule has 0 aliphatic carbocycles. The molecule has 1 aromatic rings. The standard InChI is InChI=1S/C14H15NO4/c1-4-6-11-7-5-8-12(15(18)19)14(11)13(9(2)16)10(3)17/h4-5,7-8,13H,1,6H2,2-3H3. The minimum Gasteiger partial charge on any atom is -0.299 e. The summed E-state index contributed by atoms with van der Waals surface area (Å²) < 4.78 is 0. The highest BCUT2D eigenvalue weighted by Crippen LogP contribution is 2.32. The number of benzene rings is 1. The molecule has 5 nitrogen and oxygen atoms in total. The zero-order valence-electron chi connectivity index (χ0n) is 10.9. The van der Waals surface area contributed by atoms with Gasteiger partial charge in [-0.15, -0.1) is 6.58 Å². The number of nitrogens with zero attached hydrogens (tertiary/aromatic N) is 1. The smallest absolute Gasteiger partial charge is 0.274 e. The fourth-order valence-electron chi connectivity index (χ4n) is 2.12. The third kappa shape index (κ3) is 3.13. The van der Waals surface area contributed by atoms with E-state index < -0.39 is 22.4 Å². The molecule has 0 N–H and O–H groups in total. The van der Waals surface area contributed by atoms with E-state index in [9.17, 15) is 19.7 Å². The number of carbonyl (C=O) groups excluding carboxylic acids is 2. The molecule has 0 fully saturated rings. The highest BCUT2D eigenvalue weighted by molar-refractivity contribution is 6.06. The van der Waals surface area contributed by atoms with E-state index in [2.05, 4.69) is 6.58 Å². The second-order valence-electron chi connectivity index (χ2n) is 4.25. The van der Waals surface area contributed by atoms with Crippen molar-refractivity contribution in [2.24, 2.45) is 0 Å². The van der Waals surface area contributed by atoms with Gasteiger partial charge in [0.2, 0.25) is 0 Å². The summed E-state index contributed by atoms with van der Waals surface area (Å²) in [5, 5.41) is 11.1. The number of carbonyl (C=O) groups is 2. The lowest BCUT2D eigenvalue weighted by atomic mass is 9.86. The minimum atomic E-state index is -1.09. The normalized spacial score (nSPS) is 10.3. The van der Waals surface area contributed by atoms with Gasteiger partial charge in [-0.3, -0.25) is 19.7 Å². The average molecular weight is 261 g/mol. The Morgan fingerprint density at radius 2 is 1.95 bits per heavy atom. The summed E-state index contributed by atoms with van der Waals surface area (Å²) >= 11 is 0. The predicted molar refractivity (Wildman–Crippen MR) is 71.1 cm³/mol. The van der Waals surface area contributed by atoms with E-state index in [0.29, 0.717) is 12.0 Å². The maximum absolute atomic E-state index is 11.6. The van der Waals surface area contributed by atoms with Crippen LogP contribution in [0.5, 0.6) is 0 Å². The summed E-state index contributed by atoms with van der Waals surface area (Å²) in [6.07, 6.45) is 1.95. The molecule has 0 radical (unpaired) electrons. The lowest BCUT2D eigenvalue weighted by Crippen LogP contribution is -2.20. The Balaban J connectivity index is 3.59. The van der Waals surface area contributed by atoms with Crippen LogP contribution >= 0.6 is 0 Å². The first kappa shape index (κ1) is 14.8. The molecule has 0 aromatic heterocycles. The van der Waals surface area contributed by atoms with Crippen LogP contribution in [0.15, 0.2) is 30.9 Å². The number of rotatable bonds is 6. The number of Topliss-reactive ketones (excluding diaryl/α,β-unsaturated/α-hetero) is 2. The van der Waals surface area contributed by atoms with E-state index in [0.717, 1.165) is 0 Å². The quantitative estimate of drug-likeness (QED) is 0.341. The van der Waals surface area contributed by atoms with Gasteiger partial charge in [-0.1, -0.05) is 18.2 Å². The van der Waals surface area contributed by atoms with Crippen molar-refractivity contribution in [1.29, 1.82) is 0 Å². The van der Waals surface area contributed by atoms with Crippen LogP contribution in [0.3, 0.4) is 0 Å². The van der Waals surface area contributed by atoms with Gasteiger partial charge < -0.3 is 0 Å². The van der Waals surface area contributed by atoms with Crippen LogP contribution in [0, 0.1) is 10.1 Å². The molecule has 0 aliphatic rings. The number of allylic oxidation sites excluding steroid dienone is 1. The maximum Gasteiger partial charge on any atom is 0.274 e. The molecule has 5 heteroatoms. The summed E-state index contributed by atoms with van der Waals surface area (Å²) in [5.74, 6) is -1.88. The lowest BCUT2D eigenvalue weighted by Gasteiger charge is -2.15. The van der Waals surface area contributed by atoms with Crippen molar-refractivity contribution in [1.82, 2.24) is 0 Å². The van der Waals surface area contributed by atoms with E-state index in [1.54, 1.807) is 12.1 Å². The third-order valence-electron chi connectivity index (χ3n) is 2.84. The first-order valence-corrected chi connectivity index (χ1v) is 5.78. The van der Waals surface area contributed by atoms with Crippen LogP contribution in [0.2, 0.25) is 0 Å². The van der Waals surface area contributed by atoms with Crippen molar-refractivity contribution < 1.29 is 14.5 Å². The Bertz CT molecular complexity index is 534. The van der Waals surface area contributed by atoms with E-state index in [-0.39, 0.29) is 11.3 Å². The summed E-state index contributed by atoms with van der Waals surface area (Å²) in [7, 11) is 0. The summed E-state index contributed by atoms with van der Waals surface area (Å²) in [4.78, 5) is 33.8. The van der Waals surface area contributed by atoms with Crippen LogP contribution in [-0.4, -0.2) is 16.5 Å². The molecule has 0 spiro atoms. The molecule has 0 amide bonds. The molecule has 1 aromatic carbocycles. The van der Waals surface area contributed by atoms with Crippen molar-refractivity contribution in [3.63, 3.8) is 0 Å². The van der Waals surface area contributed by atoms with Crippen molar-refractivity contribution in [2.45, 2.75) is 26.2 Å². The number of hydrogen-bond acceptors (Lipinski definition) is 4. The molecule has 1 rings (SSSR count). The molecule has 0 saturated heterocycles. The molecule has 0 heterocycles. The highest BCUT2D eigenvalue weighted by Gasteiger charge is 2.31. The van der Waals surface area contributed by atoms with E-state index in [1.807, 2.05) is 0 Å². The van der Waals surface area contributed by atoms with E-state index >= 15 is 0 Å². The van der Waals surface area contributed by atoms with Crippen molar-refractivity contribution in [3.05, 3.63) is 52.1 Å². The van der Waals surface area contributed by atoms with Gasteiger partial charge in [0.25, 0.3) is 5.69 Å². The van der Waals surface area contributed by atoms with Gasteiger partial charge in [0.05, 0.1) is 10.5 Å². The molecule has 0 unspecified atom stereocenters. The SMILES string of the molecule is C=CCc1cccc([N+](=O)[O-])c1C(C(C)=O)C(C)=O. The maximum atomic E-state index is 11.6. The number of hydrogen-bond donors (Lipinski definition) is 0. The van der Waals surface area contributed by atoms with Gasteiger partial charge in [0.1, 0.15) is 17.5 Å². The molecule has 0 saturated carbocycles. The van der Waals surface area contributed by atoms with Gasteiger partial charge in [0.15, 0.2) is 0 Å². The van der Waals surface area contributed by atoms with Crippen molar-refractivity contribution in [2.75, 3.05) is 0 Å². The molecular formula is C14H15NO4. The molecule has 0 aliphatic heterocycles. The molecule has 100 valence electrons. The number of nitro groups is 1. The van der Waals surface area contributed by atoms with Crippen molar-refractivity contribution in [3.8, 4) is 0 Å². The van der Waals surface area contributed by atoms with Crippen LogP contribution in [-0.2, 0) is 16.0 Å². The largest absolute Gasteiger partial charge is 0.299 e. The molecular weight excluding hydrogens is 246 g/mol. The zero-order chi connectivity index (χ0) is 14.6. The minimum absolute atomic E-state index is 0.187. The Morgan fingerprint density at radius 3 is 2.37 bits per heavy atom. The first-order valence-electron chi connectivity index (χ1n) is 5.78. The van der Waals surface area contributed by atoms with Gasteiger partial charge in [-0.05, 0) is 25.8 Å². The van der Waals surface area contributed by atoms with Gasteiger partial charge in [-0.25, -0.2) is 0 Å². The van der Waals surface area contributed by atoms with Gasteiger partial charge in [-0.2, -0.15) is 0 Å². The molecule has 0 atom stereocenters. The monoisotopic (exact) mass is 261 g/mol. The Morgan fingerprint density at radius 1 is 1.37 bits per heavy atom. The lowest BCUT2D eigenvalue weighted by molar-refractivity contribution is -0.385. The Labute approximate surface area is 111 Å². The van der Waals surface area contributed by atoms with Crippen molar-refractivity contribution >= 4 is 17.3 Å². The highest BCUT2D eigenvalue weighted by atomic mass is 16.6. The van der Waals surface area contributed by atoms with Crippen LogP contribution in [0.4, 0.5) is 5.69 Å². The zero-order valence-corrected chi connectivity index (χ0v) is 10.9. The fraction of sp³-hybridized carbons (Fsp3) is 0.286. The summed E-state index contributed by atoms with van der Waals surface area (Å²) in [6.45, 7) is 6.11. The average Bonchev–Trinajstić information content (AvgIpc) is 2.30. The number of nitro benzene ring substituents is 1. The second-order valence-corrected chi connectivity index (χ2v) is 4.25. The predicted octanol–water partition coefficient (Wildman–Crippen LogP) is 2.58.